The average molecular weight is 838 g/mol. The fourth-order valence-electron chi connectivity index (χ4n) is 10.9. The van der Waals surface area contributed by atoms with Crippen LogP contribution in [0.25, 0.3) is 16.8 Å². The molecule has 12 heteroatoms. The highest BCUT2D eigenvalue weighted by atomic mass is 16.5. The van der Waals surface area contributed by atoms with E-state index in [1.54, 1.807) is 42.6 Å². The van der Waals surface area contributed by atoms with Gasteiger partial charge in [0.15, 0.2) is 23.0 Å². The number of Topliss-reactive ketones (excluding diaryl/α,β-unsaturated/α-hetero) is 1. The highest BCUT2D eigenvalue weighted by Crippen LogP contribution is 2.56. The second-order valence-corrected chi connectivity index (χ2v) is 17.1. The quantitative estimate of drug-likeness (QED) is 0.0653. The normalized spacial score (nSPS) is 23.6. The molecule has 1 spiro atoms. The number of aromatic amines is 1. The zero-order chi connectivity index (χ0) is 43.3. The van der Waals surface area contributed by atoms with Crippen LogP contribution in [0.2, 0.25) is 0 Å². The van der Waals surface area contributed by atoms with Crippen molar-refractivity contribution in [3.63, 3.8) is 0 Å². The van der Waals surface area contributed by atoms with Crippen LogP contribution in [0.3, 0.4) is 0 Å². The van der Waals surface area contributed by atoms with Gasteiger partial charge in [-0.05, 0) is 150 Å². The number of aromatic nitrogens is 2. The van der Waals surface area contributed by atoms with Gasteiger partial charge in [0.05, 0.1) is 32.3 Å². The number of rotatable bonds is 9. The molecule has 4 aromatic carbocycles. The van der Waals surface area contributed by atoms with E-state index in [4.69, 9.17) is 14.5 Å². The Morgan fingerprint density at radius 1 is 0.935 bits per heavy atom. The van der Waals surface area contributed by atoms with Gasteiger partial charge in [-0.3, -0.25) is 4.79 Å². The number of carbonyl (C=O) groups excluding carboxylic acids is 1. The van der Waals surface area contributed by atoms with Crippen LogP contribution in [0.5, 0.6) is 34.5 Å². The number of aliphatic hydroxyl groups is 2. The van der Waals surface area contributed by atoms with Crippen molar-refractivity contribution in [2.75, 3.05) is 19.5 Å². The summed E-state index contributed by atoms with van der Waals surface area (Å²) in [6, 6.07) is 23.3. The van der Waals surface area contributed by atoms with Crippen molar-refractivity contribution in [1.82, 2.24) is 9.97 Å². The van der Waals surface area contributed by atoms with E-state index in [1.807, 2.05) is 48.7 Å². The number of anilines is 2. The third kappa shape index (κ3) is 7.26. The molecule has 8 N–H and O–H groups in total. The van der Waals surface area contributed by atoms with E-state index < -0.39 is 41.1 Å². The molecule has 1 saturated carbocycles. The first-order valence-electron chi connectivity index (χ1n) is 21.2. The number of aliphatic hydroxyl groups excluding tert-OH is 2. The van der Waals surface area contributed by atoms with Crippen molar-refractivity contribution in [1.29, 1.82) is 0 Å². The average Bonchev–Trinajstić information content (AvgIpc) is 3.90. The Balaban J connectivity index is 1.25. The number of phenolic OH excluding ortho intramolecular Hbond substituents is 4. The molecular formula is C50H51N3O9. The molecule has 2 aromatic heterocycles. The number of fused-ring (bicyclic) bond motifs is 3. The van der Waals surface area contributed by atoms with Crippen LogP contribution in [0.1, 0.15) is 77.5 Å². The number of nitrogens with one attached hydrogen (secondary N) is 2. The lowest BCUT2D eigenvalue weighted by molar-refractivity contribution is -0.132. The lowest BCUT2D eigenvalue weighted by Gasteiger charge is -2.45. The van der Waals surface area contributed by atoms with Gasteiger partial charge in [0, 0.05) is 47.4 Å². The predicted octanol–water partition coefficient (Wildman–Crippen LogP) is 8.26. The number of hydrogen-bond acceptors (Lipinski definition) is 11. The van der Waals surface area contributed by atoms with Crippen molar-refractivity contribution in [3.05, 3.63) is 131 Å². The van der Waals surface area contributed by atoms with E-state index in [0.29, 0.717) is 49.2 Å². The Hall–Kier alpha value is -6.50. The standard InChI is InChI=1S/C50H51N3O9/c1-61-43-18-27(5-11-39(43)56)6-12-40(57)48-41(58)22-31(32-23-42(59)49(60)44(24-32)62-2)19-28-7-8-29-20-35(54)21-30-9-10-37(47(28)46(29)30)53-45-25-33(14-17-52-45)50(48)15-13-38(55)36(50)26-34-4-3-16-51-34/h3-5,7-11,14,16-18,20-21,23-25,28,31,36,38,40,48,51,54-57,59-60H,6,12-13,15,19,22,26H2,1-2H3,(H,52,53)/t28-,31-,36+,38+,40+,48+,50+/m0/s1. The highest BCUT2D eigenvalue weighted by molar-refractivity contribution is 6.00. The van der Waals surface area contributed by atoms with E-state index in [2.05, 4.69) is 16.4 Å². The fraction of sp³-hybridized carbons (Fsp3) is 0.320. The van der Waals surface area contributed by atoms with Crippen molar-refractivity contribution in [2.45, 2.75) is 74.4 Å². The number of aryl methyl sites for hydroxylation is 1. The molecule has 9 rings (SSSR count). The third-order valence-corrected chi connectivity index (χ3v) is 13.7. The molecule has 0 saturated heterocycles. The summed E-state index contributed by atoms with van der Waals surface area (Å²) in [5.74, 6) is -2.34. The summed E-state index contributed by atoms with van der Waals surface area (Å²) >= 11 is 0. The minimum absolute atomic E-state index is 0.00404. The maximum atomic E-state index is 15.9. The second-order valence-electron chi connectivity index (χ2n) is 17.1. The van der Waals surface area contributed by atoms with Gasteiger partial charge in [0.2, 0.25) is 5.75 Å². The van der Waals surface area contributed by atoms with Gasteiger partial charge in [-0.15, -0.1) is 0 Å². The summed E-state index contributed by atoms with van der Waals surface area (Å²) in [6.45, 7) is 0. The first-order chi connectivity index (χ1) is 30.0. The number of ketones is 1. The van der Waals surface area contributed by atoms with Crippen molar-refractivity contribution < 1.29 is 44.9 Å². The fourth-order valence-corrected chi connectivity index (χ4v) is 10.9. The predicted molar refractivity (Wildman–Crippen MR) is 236 cm³/mol. The van der Waals surface area contributed by atoms with Crippen molar-refractivity contribution in [3.8, 4) is 34.5 Å². The number of H-pyrrole nitrogens is 1. The first-order valence-corrected chi connectivity index (χ1v) is 21.2. The van der Waals surface area contributed by atoms with E-state index in [9.17, 15) is 30.6 Å². The van der Waals surface area contributed by atoms with E-state index in [0.717, 1.165) is 44.4 Å². The summed E-state index contributed by atoms with van der Waals surface area (Å²) < 4.78 is 10.9. The number of nitrogens with zero attached hydrogens (tertiary/aromatic N) is 1. The van der Waals surface area contributed by atoms with Crippen LogP contribution in [0.15, 0.2) is 97.3 Å². The molecule has 2 aliphatic carbocycles. The number of phenols is 4. The van der Waals surface area contributed by atoms with Gasteiger partial charge >= 0.3 is 0 Å². The Kier molecular flexibility index (Phi) is 10.8. The number of allylic oxidation sites excluding steroid dienone is 1. The van der Waals surface area contributed by atoms with Gasteiger partial charge < -0.3 is 50.4 Å². The molecule has 1 aliphatic heterocycles. The molecule has 62 heavy (non-hydrogen) atoms. The Bertz CT molecular complexity index is 2680. The van der Waals surface area contributed by atoms with Crippen LogP contribution in [0, 0.1) is 11.8 Å². The number of aromatic hydroxyl groups is 4. The Morgan fingerprint density at radius 2 is 1.77 bits per heavy atom. The van der Waals surface area contributed by atoms with Crippen molar-refractivity contribution in [2.24, 2.45) is 11.8 Å². The third-order valence-electron chi connectivity index (χ3n) is 13.7. The zero-order valence-electron chi connectivity index (χ0n) is 34.6. The van der Waals surface area contributed by atoms with Gasteiger partial charge in [-0.25, -0.2) is 4.98 Å². The van der Waals surface area contributed by atoms with E-state index in [1.165, 1.54) is 20.3 Å². The molecule has 3 aliphatic rings. The van der Waals surface area contributed by atoms with Gasteiger partial charge in [-0.2, -0.15) is 0 Å². The number of benzene rings is 4. The summed E-state index contributed by atoms with van der Waals surface area (Å²) in [4.78, 5) is 24.0. The molecule has 0 amide bonds. The summed E-state index contributed by atoms with van der Waals surface area (Å²) in [5, 5.41) is 73.1. The van der Waals surface area contributed by atoms with Gasteiger partial charge in [0.25, 0.3) is 0 Å². The number of carbonyl (C=O) groups is 1. The molecule has 7 atom stereocenters. The van der Waals surface area contributed by atoms with Crippen molar-refractivity contribution >= 4 is 34.1 Å². The SMILES string of the molecule is COc1cc(CC[C@@H](O)[C@@H]2C(=O)C[C@@H](c3cc(O)c(O)c(OC)c3)C[C@@H]3C=Cc4cc(O)cc5ccc(c3c45)Nc3cc(ccn3)[C@@]23CC[C@@H](O)[C@H]3Cc2ccc[nH]2)ccc1O. The van der Waals surface area contributed by atoms with E-state index in [-0.39, 0.29) is 47.5 Å². The van der Waals surface area contributed by atoms with Crippen LogP contribution in [-0.4, -0.2) is 72.8 Å². The zero-order valence-corrected chi connectivity index (χ0v) is 34.6. The smallest absolute Gasteiger partial charge is 0.200 e. The molecule has 6 aromatic rings. The van der Waals surface area contributed by atoms with Crippen LogP contribution < -0.4 is 14.8 Å². The number of hydrogen-bond donors (Lipinski definition) is 8. The number of ether oxygens (including phenoxy) is 2. The summed E-state index contributed by atoms with van der Waals surface area (Å²) in [7, 11) is 2.88. The molecule has 1 fully saturated rings. The molecule has 2 bridgehead atoms. The van der Waals surface area contributed by atoms with E-state index >= 15 is 4.79 Å². The number of pyridine rings is 1. The highest BCUT2D eigenvalue weighted by Gasteiger charge is 2.57. The van der Waals surface area contributed by atoms with Crippen LogP contribution in [0.4, 0.5) is 11.5 Å². The molecule has 0 radical (unpaired) electrons. The first kappa shape index (κ1) is 40.9. The second kappa shape index (κ2) is 16.4. The van der Waals surface area contributed by atoms with Gasteiger partial charge in [0.1, 0.15) is 17.4 Å². The van der Waals surface area contributed by atoms with Gasteiger partial charge in [-0.1, -0.05) is 24.3 Å². The largest absolute Gasteiger partial charge is 0.508 e. The minimum atomic E-state index is -1.19. The maximum Gasteiger partial charge on any atom is 0.200 e. The monoisotopic (exact) mass is 837 g/mol. The lowest BCUT2D eigenvalue weighted by Crippen LogP contribution is -2.51. The molecule has 0 unspecified atom stereocenters. The topological polar surface area (TPSA) is 198 Å². The molecule has 12 nitrogen and oxygen atoms in total. The summed E-state index contributed by atoms with van der Waals surface area (Å²) in [6.07, 6.45) is 7.70. The molecule has 320 valence electrons. The minimum Gasteiger partial charge on any atom is -0.508 e. The van der Waals surface area contributed by atoms with Crippen LogP contribution in [-0.2, 0) is 23.1 Å². The summed E-state index contributed by atoms with van der Waals surface area (Å²) in [5.41, 5.74) is 4.55. The maximum absolute atomic E-state index is 15.9. The molecule has 3 heterocycles. The molecular weight excluding hydrogens is 787 g/mol. The number of methoxy groups -OCH3 is 2. The van der Waals surface area contributed by atoms with Crippen LogP contribution >= 0.6 is 0 Å². The Morgan fingerprint density at radius 3 is 2.56 bits per heavy atom. The lowest BCUT2D eigenvalue weighted by atomic mass is 9.58. The Labute approximate surface area is 359 Å².